The van der Waals surface area contributed by atoms with Crippen molar-refractivity contribution >= 4 is 167 Å². The number of halogens is 11. The second kappa shape index (κ2) is 51.5. The number of nitrogens with one attached hydrogen (secondary N) is 3. The summed E-state index contributed by atoms with van der Waals surface area (Å²) in [5, 5.41) is 64.7. The molecule has 130 heavy (non-hydrogen) atoms. The molecule has 27 nitrogen and oxygen atoms in total. The van der Waals surface area contributed by atoms with Gasteiger partial charge in [-0.25, -0.2) is 0 Å². The Balaban J connectivity index is 0.000000519. The average molecular weight is 2080 g/mol. The topological polar surface area (TPSA) is 414 Å². The third-order valence-corrected chi connectivity index (χ3v) is 25.4. The van der Waals surface area contributed by atoms with Gasteiger partial charge in [0.05, 0.1) is 47.8 Å². The first-order valence-corrected chi connectivity index (χ1v) is 48.2. The van der Waals surface area contributed by atoms with Crippen molar-refractivity contribution in [1.29, 1.82) is 0 Å². The molecule has 3 heterocycles. The maximum atomic E-state index is 13.8. The van der Waals surface area contributed by atoms with Gasteiger partial charge in [-0.2, -0.15) is 33.0 Å². The number of aromatic nitrogens is 3. The summed E-state index contributed by atoms with van der Waals surface area (Å²) in [5.41, 5.74) is 10.8. The number of hydrogen-bond acceptors (Lipinski definition) is 19. The number of esters is 3. The second-order valence-electron chi connectivity index (χ2n) is 32.3. The maximum absolute atomic E-state index is 13.8. The number of aromatic amines is 3. The number of terminal acetylenes is 1. The van der Waals surface area contributed by atoms with Crippen molar-refractivity contribution in [1.82, 2.24) is 15.0 Å². The monoisotopic (exact) mass is 2080 g/mol. The average Bonchev–Trinajstić information content (AvgIpc) is 2.21. The fourth-order valence-corrected chi connectivity index (χ4v) is 10.2. The predicted octanol–water partition coefficient (Wildman–Crippen LogP) is 25.2. The van der Waals surface area contributed by atoms with Gasteiger partial charge >= 0.3 is 81.3 Å². The molecule has 40 heteroatoms. The van der Waals surface area contributed by atoms with Crippen LogP contribution in [0.2, 0.25) is 18.1 Å². The number of nitrogens with two attached hydrogens (primary N) is 2. The first kappa shape index (κ1) is 115. The number of aliphatic hydroxyl groups is 1. The van der Waals surface area contributed by atoms with Gasteiger partial charge in [0.25, 0.3) is 0 Å². The zero-order valence-electron chi connectivity index (χ0n) is 72.8. The third kappa shape index (κ3) is 35.0. The zero-order chi connectivity index (χ0) is 98.2. The van der Waals surface area contributed by atoms with Crippen LogP contribution in [-0.2, 0) is 80.6 Å². The Hall–Kier alpha value is -11.1. The van der Waals surface area contributed by atoms with E-state index in [0.717, 1.165) is 71.3 Å². The van der Waals surface area contributed by atoms with Gasteiger partial charge in [-0.05, 0) is 104 Å². The Morgan fingerprint density at radius 3 is 1.09 bits per heavy atom. The molecule has 0 saturated heterocycles. The van der Waals surface area contributed by atoms with Crippen LogP contribution in [0.1, 0.15) is 150 Å². The Bertz CT molecular complexity index is 5730. The fraction of sp³-hybridized carbons (Fsp3) is 0.322. The number of nitrogens with zero attached hydrogens (tertiary/aromatic N) is 5. The summed E-state index contributed by atoms with van der Waals surface area (Å²) in [6, 6.07) is 43.8. The van der Waals surface area contributed by atoms with Crippen LogP contribution in [0, 0.1) is 115 Å². The Kier molecular flexibility index (Phi) is 45.6. The van der Waals surface area contributed by atoms with Crippen LogP contribution < -0.4 is 11.5 Å². The van der Waals surface area contributed by atoms with Crippen LogP contribution in [0.15, 0.2) is 174 Å². The van der Waals surface area contributed by atoms with Gasteiger partial charge in [0, 0.05) is 131 Å². The third-order valence-electron chi connectivity index (χ3n) is 19.5. The normalized spacial score (nSPS) is 11.0. The molecule has 0 aliphatic heterocycles. The molecule has 0 bridgehead atoms. The molecule has 0 radical (unpaired) electrons. The summed E-state index contributed by atoms with van der Waals surface area (Å²) in [5.74, 6) is 1.74. The number of carbonyl (C=O) groups is 3. The number of nitrogen functional groups attached to an aromatic ring is 2. The number of nitro groups is 5. The van der Waals surface area contributed by atoms with Gasteiger partial charge in [-0.3, -0.25) is 65.0 Å². The van der Waals surface area contributed by atoms with Crippen molar-refractivity contribution in [3.05, 3.63) is 293 Å². The molecule has 8 N–H and O–H groups in total. The van der Waals surface area contributed by atoms with Gasteiger partial charge in [0.15, 0.2) is 7.38 Å². The van der Waals surface area contributed by atoms with Crippen LogP contribution in [0.5, 0.6) is 0 Å². The van der Waals surface area contributed by atoms with E-state index in [0.29, 0.717) is 53.6 Å². The van der Waals surface area contributed by atoms with Gasteiger partial charge < -0.3 is 45.7 Å². The molecule has 0 amide bonds. The molecule has 704 valence electrons. The summed E-state index contributed by atoms with van der Waals surface area (Å²) < 4.78 is 83.0. The molecule has 0 unspecified atom stereocenters. The number of fused-ring (bicyclic) bond motifs is 3. The van der Waals surface area contributed by atoms with Gasteiger partial charge in [-0.15, -0.1) is 29.6 Å². The van der Waals surface area contributed by atoms with E-state index in [9.17, 15) is 92.0 Å². The number of nitro benzene ring substituents is 5. The van der Waals surface area contributed by atoms with Crippen LogP contribution in [0.3, 0.4) is 0 Å². The molecule has 11 aromatic rings. The van der Waals surface area contributed by atoms with Crippen LogP contribution in [0.25, 0.3) is 32.7 Å². The summed E-state index contributed by atoms with van der Waals surface area (Å²) >= 11 is 18.5. The van der Waals surface area contributed by atoms with E-state index in [1.54, 1.807) is 53.7 Å². The van der Waals surface area contributed by atoms with Crippen molar-refractivity contribution in [2.45, 2.75) is 165 Å². The van der Waals surface area contributed by atoms with Crippen molar-refractivity contribution < 1.29 is 96.2 Å². The van der Waals surface area contributed by atoms with Gasteiger partial charge in [0.2, 0.25) is 29.1 Å². The van der Waals surface area contributed by atoms with E-state index in [2.05, 4.69) is 103 Å². The molecule has 0 fully saturated rings. The number of aliphatic hydroxyl groups excluding tert-OH is 1. The molecule has 3 aromatic heterocycles. The number of alkyl halides is 2. The number of benzene rings is 8. The van der Waals surface area contributed by atoms with Crippen molar-refractivity contribution in [3.8, 4) is 24.2 Å². The summed E-state index contributed by atoms with van der Waals surface area (Å²) in [6.45, 7) is 31.0. The summed E-state index contributed by atoms with van der Waals surface area (Å²) in [6.07, 6.45) is 6.15. The van der Waals surface area contributed by atoms with Crippen LogP contribution in [0.4, 0.5) is 61.8 Å². The minimum absolute atomic E-state index is 0. The van der Waals surface area contributed by atoms with E-state index in [-0.39, 0.29) is 83.5 Å². The SMILES string of the molecule is C.C#CC(C)(C)C(=O)OCc1ccccc1.CC(C)(C#Cc1cc([N+](=O)[O-])c(F)cc1N)C(=O)OCc1ccccc1.CC(C)(C(=O)OCc1ccccc1)c1cc2cc([N+](=O)[O-])c(F)cc2[nH]1.CC(C)(C)[Si](C)(C)Cl.CC(C)(CO)c1cc2cc([N+](=O)[O-])c(F)cc2[nH]1.CCC(C)(C)c1cc2cc([N+](=O)[O-])c(F)cc2[nH]1.ClCCl.Nc1cc(F)c([N+](=O)[O-])cc1Br.[Cl][Pd][Cl]. The second-order valence-corrected chi connectivity index (χ2v) is 43.6. The Morgan fingerprint density at radius 1 is 0.492 bits per heavy atom. The first-order valence-electron chi connectivity index (χ1n) is 38.3. The molecule has 0 saturated carbocycles. The quantitative estimate of drug-likeness (QED) is 0.00418. The molecular weight excluding hydrogens is 1980 g/mol. The zero-order valence-corrected chi connectivity index (χ0v) is 80.7. The standard InChI is InChI=1S/2C19H17FN2O4.C13H15FN2O2.C13H14O2.C12H13FN2O3.C6H4BrFN2O2.C6H15ClSi.CH2Cl2.CH4.2ClH.Pd/c1-19(2,18(23)26-11-12-6-4-3-5-7-12)17-9-13-8-16(22(24)25)14(20)10-15(13)21-17;1-19(2,18(23)26-12-13-6-4-3-5-7-13)9-8-14-10-17(22(24)25)15(20)11-16(14)21;1-4-13(2,3)12-6-8-5-11(16(17)18)9(14)7-10(8)15-12;1-4-13(2,3)12(14)15-10-11-8-6-5-7-9-11;1-12(2,6-16)11-4-7-3-10(15(17)18)8(13)5-9(7)14-11;7-3-1-6(10(11)12)4(8)2-5(3)9;1-6(2,3)8(4,5)7;2-1-3;;;;/h3-10,21H,11H2,1-2H3;3-7,10-11H,12,21H2,1-2H3;5-7,15H,4H2,1-3H3;1,5-9H,10H2,2-3H3;3-5,14,16H,6H2,1-2H3;1-2H,9H2;1-5H3;1H2;1H4;2*1H;/q;;;;;;;;;;;+2/p-2. The molecular formula is C90H101BrCl5F5N10O17PdSi. The van der Waals surface area contributed by atoms with Crippen molar-refractivity contribution in [2.24, 2.45) is 10.8 Å². The first-order chi connectivity index (χ1) is 59.8. The predicted molar refractivity (Wildman–Crippen MR) is 504 cm³/mol. The van der Waals surface area contributed by atoms with E-state index < -0.39 is 123 Å². The molecule has 0 spiro atoms. The Morgan fingerprint density at radius 2 is 0.777 bits per heavy atom. The number of anilines is 2. The van der Waals surface area contributed by atoms with E-state index >= 15 is 0 Å². The van der Waals surface area contributed by atoms with Gasteiger partial charge in [-0.1, -0.05) is 185 Å². The van der Waals surface area contributed by atoms with E-state index in [1.165, 1.54) is 18.2 Å². The number of rotatable bonds is 19. The van der Waals surface area contributed by atoms with Crippen molar-refractivity contribution in [3.63, 3.8) is 0 Å². The minimum atomic E-state index is -1.39. The molecule has 11 rings (SSSR count). The summed E-state index contributed by atoms with van der Waals surface area (Å²) in [4.78, 5) is 94.7. The van der Waals surface area contributed by atoms with Crippen molar-refractivity contribution in [2.75, 3.05) is 23.4 Å². The number of ether oxygens (including phenoxy) is 3. The number of carbonyl (C=O) groups excluding carboxylic acids is 3. The molecule has 0 aliphatic carbocycles. The van der Waals surface area contributed by atoms with E-state index in [1.807, 2.05) is 111 Å². The van der Waals surface area contributed by atoms with Crippen LogP contribution in [-0.4, -0.2) is 81.9 Å². The summed E-state index contributed by atoms with van der Waals surface area (Å²) in [7, 11) is 8.24. The molecule has 0 aliphatic rings. The van der Waals surface area contributed by atoms with Crippen LogP contribution >= 0.6 is 69.3 Å². The van der Waals surface area contributed by atoms with Gasteiger partial charge in [0.1, 0.15) is 36.1 Å². The number of hydrogen-bond donors (Lipinski definition) is 6. The molecule has 0 atom stereocenters. The Labute approximate surface area is 789 Å². The van der Waals surface area contributed by atoms with E-state index in [4.69, 9.17) is 85.4 Å². The fourth-order valence-electron chi connectivity index (χ4n) is 9.86. The number of H-pyrrole nitrogens is 3. The molecule has 8 aromatic carbocycles.